The molecule has 12 heavy (non-hydrogen) atoms. The van der Waals surface area contributed by atoms with Gasteiger partial charge in [-0.2, -0.15) is 0 Å². The largest absolute Gasteiger partial charge is 0.0622 e. The Hall–Kier alpha value is -0.570. The molecule has 0 aliphatic rings. The summed E-state index contributed by atoms with van der Waals surface area (Å²) >= 11 is 2.22. The monoisotopic (exact) mass is 270 g/mol. The molecule has 0 saturated carbocycles. The normalized spacial score (nSPS) is 12.3. The predicted molar refractivity (Wildman–Crippen MR) is 63.3 cm³/mol. The first-order chi connectivity index (χ1) is 5.83. The van der Waals surface area contributed by atoms with Crippen LogP contribution in [0.1, 0.15) is 12.5 Å². The lowest BCUT2D eigenvalue weighted by atomic mass is 10.1. The van der Waals surface area contributed by atoms with Crippen LogP contribution >= 0.6 is 22.6 Å². The van der Waals surface area contributed by atoms with Crippen molar-refractivity contribution in [2.75, 3.05) is 0 Å². The van der Waals surface area contributed by atoms with E-state index in [1.807, 2.05) is 22.3 Å². The molecule has 0 heterocycles. The average Bonchev–Trinajstić information content (AvgIpc) is 2.06. The van der Waals surface area contributed by atoms with Gasteiger partial charge in [0.1, 0.15) is 0 Å². The van der Waals surface area contributed by atoms with Gasteiger partial charge in [-0.15, -0.1) is 0 Å². The third-order valence-electron chi connectivity index (χ3n) is 1.52. The number of hydrogen-bond donors (Lipinski definition) is 0. The van der Waals surface area contributed by atoms with E-state index in [0.29, 0.717) is 0 Å². The molecule has 0 N–H and O–H groups in total. The van der Waals surface area contributed by atoms with Crippen LogP contribution in [0, 0.1) is 0 Å². The molecule has 0 radical (unpaired) electrons. The number of halogens is 1. The van der Waals surface area contributed by atoms with E-state index in [-0.39, 0.29) is 0 Å². The lowest BCUT2D eigenvalue weighted by molar-refractivity contribution is 1.55. The summed E-state index contributed by atoms with van der Waals surface area (Å²) in [4.78, 5) is 0. The fourth-order valence-corrected chi connectivity index (χ4v) is 1.53. The maximum Gasteiger partial charge on any atom is -0.0231 e. The molecule has 1 rings (SSSR count). The second-order valence-electron chi connectivity index (χ2n) is 2.59. The molecule has 0 aliphatic heterocycles. The molecule has 0 aliphatic carbocycles. The maximum absolute atomic E-state index is 2.22. The van der Waals surface area contributed by atoms with Gasteiger partial charge < -0.3 is 0 Å². The van der Waals surface area contributed by atoms with Gasteiger partial charge in [0.15, 0.2) is 0 Å². The Morgan fingerprint density at radius 3 is 2.50 bits per heavy atom. The van der Waals surface area contributed by atoms with Crippen LogP contribution in [0.2, 0.25) is 0 Å². The van der Waals surface area contributed by atoms with Gasteiger partial charge in [-0.25, -0.2) is 0 Å². The van der Waals surface area contributed by atoms with E-state index in [1.54, 1.807) is 0 Å². The molecule has 0 unspecified atom stereocenters. The van der Waals surface area contributed by atoms with Crippen molar-refractivity contribution in [2.45, 2.75) is 6.92 Å². The van der Waals surface area contributed by atoms with Gasteiger partial charge in [0.05, 0.1) is 0 Å². The highest BCUT2D eigenvalue weighted by atomic mass is 127. The van der Waals surface area contributed by atoms with Crippen molar-refractivity contribution < 1.29 is 0 Å². The van der Waals surface area contributed by atoms with Crippen LogP contribution in [-0.2, 0) is 0 Å². The number of allylic oxidation sites excluding steroid dienone is 2. The van der Waals surface area contributed by atoms with Gasteiger partial charge in [0, 0.05) is 0 Å². The Morgan fingerprint density at radius 2 is 1.92 bits per heavy atom. The van der Waals surface area contributed by atoms with Crippen LogP contribution in [0.25, 0.3) is 6.08 Å². The third kappa shape index (κ3) is 3.22. The molecule has 0 bridgehead atoms. The maximum atomic E-state index is 2.22. The lowest BCUT2D eigenvalue weighted by Crippen LogP contribution is -1.71. The second-order valence-corrected chi connectivity index (χ2v) is 3.31. The molecule has 1 aromatic carbocycles. The Balaban J connectivity index is 2.81. The van der Waals surface area contributed by atoms with Crippen molar-refractivity contribution in [3.8, 4) is 0 Å². The van der Waals surface area contributed by atoms with Crippen molar-refractivity contribution in [1.82, 2.24) is 0 Å². The zero-order chi connectivity index (χ0) is 8.81. The van der Waals surface area contributed by atoms with E-state index in [4.69, 9.17) is 0 Å². The van der Waals surface area contributed by atoms with Crippen molar-refractivity contribution in [2.24, 2.45) is 0 Å². The third-order valence-corrected chi connectivity index (χ3v) is 1.88. The van der Waals surface area contributed by atoms with Crippen LogP contribution < -0.4 is 0 Å². The molecular weight excluding hydrogens is 259 g/mol. The summed E-state index contributed by atoms with van der Waals surface area (Å²) in [5, 5.41) is 0. The Morgan fingerprint density at radius 1 is 1.25 bits per heavy atom. The number of benzene rings is 1. The molecule has 0 amide bonds. The van der Waals surface area contributed by atoms with Crippen molar-refractivity contribution >= 4 is 28.7 Å². The van der Waals surface area contributed by atoms with E-state index in [2.05, 4.69) is 53.8 Å². The molecule has 0 spiro atoms. The van der Waals surface area contributed by atoms with E-state index in [9.17, 15) is 0 Å². The van der Waals surface area contributed by atoms with Crippen LogP contribution in [0.4, 0.5) is 0 Å². The summed E-state index contributed by atoms with van der Waals surface area (Å²) < 4.78 is 2.02. The average molecular weight is 270 g/mol. The van der Waals surface area contributed by atoms with Gasteiger partial charge in [0.2, 0.25) is 0 Å². The Bertz CT molecular complexity index is 283. The number of rotatable bonds is 2. The summed E-state index contributed by atoms with van der Waals surface area (Å²) in [6.45, 7) is 2.10. The van der Waals surface area contributed by atoms with Gasteiger partial charge in [-0.05, 0) is 16.6 Å². The van der Waals surface area contributed by atoms with E-state index < -0.39 is 0 Å². The minimum atomic E-state index is 1.25. The van der Waals surface area contributed by atoms with E-state index in [1.165, 1.54) is 11.1 Å². The van der Waals surface area contributed by atoms with Crippen molar-refractivity contribution in [3.05, 3.63) is 51.6 Å². The summed E-state index contributed by atoms with van der Waals surface area (Å²) in [6, 6.07) is 10.3. The van der Waals surface area contributed by atoms with Crippen LogP contribution in [0.5, 0.6) is 0 Å². The molecule has 62 valence electrons. The molecule has 0 saturated heterocycles. The molecule has 0 atom stereocenters. The highest BCUT2D eigenvalue weighted by molar-refractivity contribution is 14.1. The SMILES string of the molecule is CC(/C=C/I)=C\c1ccccc1. The molecule has 0 nitrogen and oxygen atoms in total. The van der Waals surface area contributed by atoms with Crippen LogP contribution in [0.15, 0.2) is 46.1 Å². The summed E-state index contributed by atoms with van der Waals surface area (Å²) in [6.07, 6.45) is 4.25. The minimum absolute atomic E-state index is 1.25. The highest BCUT2D eigenvalue weighted by Crippen LogP contribution is 2.07. The summed E-state index contributed by atoms with van der Waals surface area (Å²) in [5.74, 6) is 0. The highest BCUT2D eigenvalue weighted by Gasteiger charge is 1.84. The van der Waals surface area contributed by atoms with Crippen molar-refractivity contribution in [1.29, 1.82) is 0 Å². The molecule has 0 fully saturated rings. The zero-order valence-corrected chi connectivity index (χ0v) is 9.15. The Kier molecular flexibility index (Phi) is 4.08. The van der Waals surface area contributed by atoms with Gasteiger partial charge in [0.25, 0.3) is 0 Å². The topological polar surface area (TPSA) is 0 Å². The van der Waals surface area contributed by atoms with Crippen molar-refractivity contribution in [3.63, 3.8) is 0 Å². The first-order valence-electron chi connectivity index (χ1n) is 3.83. The standard InChI is InChI=1S/C11H11I/c1-10(7-8-12)9-11-5-3-2-4-6-11/h2-9H,1H3/b8-7+,10-9+. The molecule has 1 heteroatoms. The summed E-state index contributed by atoms with van der Waals surface area (Å²) in [5.41, 5.74) is 2.53. The zero-order valence-electron chi connectivity index (χ0n) is 7.00. The first kappa shape index (κ1) is 9.52. The fraction of sp³-hybridized carbons (Fsp3) is 0.0909. The van der Waals surface area contributed by atoms with Gasteiger partial charge in [-0.3, -0.25) is 0 Å². The summed E-state index contributed by atoms with van der Waals surface area (Å²) in [7, 11) is 0. The van der Waals surface area contributed by atoms with Crippen LogP contribution in [-0.4, -0.2) is 0 Å². The molecule has 1 aromatic rings. The smallest absolute Gasteiger partial charge is 0.0231 e. The predicted octanol–water partition coefficient (Wildman–Crippen LogP) is 4.04. The van der Waals surface area contributed by atoms with E-state index >= 15 is 0 Å². The second kappa shape index (κ2) is 5.14. The Labute approximate surface area is 87.1 Å². The lowest BCUT2D eigenvalue weighted by Gasteiger charge is -1.93. The van der Waals surface area contributed by atoms with Gasteiger partial charge in [-0.1, -0.05) is 70.6 Å². The number of hydrogen-bond acceptors (Lipinski definition) is 0. The van der Waals surface area contributed by atoms with Gasteiger partial charge >= 0.3 is 0 Å². The first-order valence-corrected chi connectivity index (χ1v) is 5.07. The molecule has 0 aromatic heterocycles. The fourth-order valence-electron chi connectivity index (χ4n) is 0.960. The van der Waals surface area contributed by atoms with E-state index in [0.717, 1.165) is 0 Å². The quantitative estimate of drug-likeness (QED) is 0.562. The minimum Gasteiger partial charge on any atom is -0.0622 e. The van der Waals surface area contributed by atoms with Crippen LogP contribution in [0.3, 0.4) is 0 Å². The molecular formula is C11H11I.